The quantitative estimate of drug-likeness (QED) is 0.819. The first kappa shape index (κ1) is 15.3. The Balaban J connectivity index is 1.85. The molecular weight excluding hydrogens is 232 g/mol. The van der Waals surface area contributed by atoms with Gasteiger partial charge in [-0.05, 0) is 50.1 Å². The standard InChI is InChI=1S/C17H34N2/c1-5-18-14(2)17(3,4)13-19-11-10-15-8-6-7-9-16(15)12-19/h14-16,18H,5-13H2,1-4H3. The van der Waals surface area contributed by atoms with Crippen molar-refractivity contribution in [2.24, 2.45) is 17.3 Å². The molecule has 0 bridgehead atoms. The van der Waals surface area contributed by atoms with Gasteiger partial charge >= 0.3 is 0 Å². The van der Waals surface area contributed by atoms with Gasteiger partial charge in [0.2, 0.25) is 0 Å². The molecular formula is C17H34N2. The Morgan fingerprint density at radius 2 is 1.84 bits per heavy atom. The van der Waals surface area contributed by atoms with Crippen molar-refractivity contribution in [3.05, 3.63) is 0 Å². The number of nitrogens with one attached hydrogen (secondary N) is 1. The van der Waals surface area contributed by atoms with Crippen molar-refractivity contribution < 1.29 is 0 Å². The molecule has 0 spiro atoms. The molecule has 3 unspecified atom stereocenters. The van der Waals surface area contributed by atoms with E-state index in [2.05, 4.69) is 37.9 Å². The average molecular weight is 266 g/mol. The molecule has 2 heteroatoms. The normalized spacial score (nSPS) is 30.9. The van der Waals surface area contributed by atoms with Crippen molar-refractivity contribution in [1.82, 2.24) is 10.2 Å². The van der Waals surface area contributed by atoms with E-state index in [-0.39, 0.29) is 0 Å². The van der Waals surface area contributed by atoms with Crippen LogP contribution in [-0.4, -0.2) is 37.1 Å². The van der Waals surface area contributed by atoms with Crippen LogP contribution in [0.5, 0.6) is 0 Å². The van der Waals surface area contributed by atoms with Crippen molar-refractivity contribution in [1.29, 1.82) is 0 Å². The lowest BCUT2D eigenvalue weighted by Gasteiger charge is -2.45. The van der Waals surface area contributed by atoms with Gasteiger partial charge in [0.25, 0.3) is 0 Å². The summed E-state index contributed by atoms with van der Waals surface area (Å²) in [6.07, 6.45) is 7.42. The minimum Gasteiger partial charge on any atom is -0.314 e. The van der Waals surface area contributed by atoms with Crippen LogP contribution in [-0.2, 0) is 0 Å². The molecule has 3 atom stereocenters. The van der Waals surface area contributed by atoms with E-state index in [9.17, 15) is 0 Å². The molecule has 1 saturated carbocycles. The summed E-state index contributed by atoms with van der Waals surface area (Å²) in [5.41, 5.74) is 0.373. The van der Waals surface area contributed by atoms with E-state index < -0.39 is 0 Å². The lowest BCUT2D eigenvalue weighted by Crippen LogP contribution is -2.50. The third-order valence-corrected chi connectivity index (χ3v) is 5.69. The molecule has 1 aliphatic heterocycles. The zero-order valence-corrected chi connectivity index (χ0v) is 13.5. The van der Waals surface area contributed by atoms with Crippen LogP contribution in [0.3, 0.4) is 0 Å². The zero-order valence-electron chi connectivity index (χ0n) is 13.5. The number of fused-ring (bicyclic) bond motifs is 1. The van der Waals surface area contributed by atoms with E-state index in [1.54, 1.807) is 0 Å². The molecule has 112 valence electrons. The predicted octanol–water partition coefficient (Wildman–Crippen LogP) is 3.52. The number of rotatable bonds is 5. The number of nitrogens with zero attached hydrogens (tertiary/aromatic N) is 1. The number of piperidine rings is 1. The predicted molar refractivity (Wildman–Crippen MR) is 83.4 cm³/mol. The molecule has 2 fully saturated rings. The summed E-state index contributed by atoms with van der Waals surface area (Å²) in [4.78, 5) is 2.75. The van der Waals surface area contributed by atoms with Crippen LogP contribution in [0.2, 0.25) is 0 Å². The first-order chi connectivity index (χ1) is 9.03. The Kier molecular flexibility index (Phi) is 5.30. The van der Waals surface area contributed by atoms with Gasteiger partial charge in [-0.2, -0.15) is 0 Å². The summed E-state index contributed by atoms with van der Waals surface area (Å²) in [6, 6.07) is 0.599. The first-order valence-electron chi connectivity index (χ1n) is 8.48. The molecule has 2 rings (SSSR count). The number of hydrogen-bond donors (Lipinski definition) is 1. The summed E-state index contributed by atoms with van der Waals surface area (Å²) >= 11 is 0. The zero-order chi connectivity index (χ0) is 13.9. The van der Waals surface area contributed by atoms with Crippen LogP contribution in [0.25, 0.3) is 0 Å². The highest BCUT2D eigenvalue weighted by atomic mass is 15.1. The van der Waals surface area contributed by atoms with Gasteiger partial charge in [-0.25, -0.2) is 0 Å². The van der Waals surface area contributed by atoms with E-state index in [1.807, 2.05) is 0 Å². The van der Waals surface area contributed by atoms with Crippen LogP contribution >= 0.6 is 0 Å². The Morgan fingerprint density at radius 3 is 2.53 bits per heavy atom. The van der Waals surface area contributed by atoms with Crippen LogP contribution in [0.15, 0.2) is 0 Å². The maximum atomic E-state index is 3.60. The van der Waals surface area contributed by atoms with Gasteiger partial charge < -0.3 is 10.2 Å². The van der Waals surface area contributed by atoms with E-state index in [0.717, 1.165) is 18.4 Å². The second-order valence-electron chi connectivity index (χ2n) is 7.60. The topological polar surface area (TPSA) is 15.3 Å². The smallest absolute Gasteiger partial charge is 0.0102 e. The molecule has 1 N–H and O–H groups in total. The molecule has 1 saturated heterocycles. The third kappa shape index (κ3) is 3.95. The molecule has 1 heterocycles. The molecule has 2 nitrogen and oxygen atoms in total. The van der Waals surface area contributed by atoms with E-state index in [1.165, 1.54) is 51.7 Å². The minimum absolute atomic E-state index is 0.373. The summed E-state index contributed by atoms with van der Waals surface area (Å²) < 4.78 is 0. The van der Waals surface area contributed by atoms with Crippen LogP contribution in [0.4, 0.5) is 0 Å². The summed E-state index contributed by atoms with van der Waals surface area (Å²) in [7, 11) is 0. The second-order valence-corrected chi connectivity index (χ2v) is 7.60. The van der Waals surface area contributed by atoms with Crippen LogP contribution in [0, 0.1) is 17.3 Å². The first-order valence-corrected chi connectivity index (χ1v) is 8.48. The molecule has 0 aromatic rings. The van der Waals surface area contributed by atoms with Gasteiger partial charge in [0, 0.05) is 19.1 Å². The maximum Gasteiger partial charge on any atom is 0.0102 e. The maximum absolute atomic E-state index is 3.60. The minimum atomic E-state index is 0.373. The fraction of sp³-hybridized carbons (Fsp3) is 1.00. The Labute approximate surface area is 120 Å². The van der Waals surface area contributed by atoms with Crippen molar-refractivity contribution in [2.75, 3.05) is 26.2 Å². The van der Waals surface area contributed by atoms with Crippen molar-refractivity contribution in [3.8, 4) is 0 Å². The van der Waals surface area contributed by atoms with Gasteiger partial charge in [0.15, 0.2) is 0 Å². The molecule has 1 aliphatic carbocycles. The highest BCUT2D eigenvalue weighted by Crippen LogP contribution is 2.37. The van der Waals surface area contributed by atoms with Crippen molar-refractivity contribution >= 4 is 0 Å². The van der Waals surface area contributed by atoms with Gasteiger partial charge in [-0.3, -0.25) is 0 Å². The summed E-state index contributed by atoms with van der Waals surface area (Å²) in [5.74, 6) is 2.06. The molecule has 0 aromatic heterocycles. The molecule has 0 amide bonds. The number of likely N-dealkylation sites (tertiary alicyclic amines) is 1. The van der Waals surface area contributed by atoms with E-state index >= 15 is 0 Å². The SMILES string of the molecule is CCNC(C)C(C)(C)CN1CCC2CCCCC2C1. The van der Waals surface area contributed by atoms with Crippen molar-refractivity contribution in [2.45, 2.75) is 65.8 Å². The van der Waals surface area contributed by atoms with Gasteiger partial charge in [0.05, 0.1) is 0 Å². The van der Waals surface area contributed by atoms with E-state index in [4.69, 9.17) is 0 Å². The fourth-order valence-electron chi connectivity index (χ4n) is 4.12. The largest absolute Gasteiger partial charge is 0.314 e. The van der Waals surface area contributed by atoms with Crippen molar-refractivity contribution in [3.63, 3.8) is 0 Å². The Morgan fingerprint density at radius 1 is 1.16 bits per heavy atom. The summed E-state index contributed by atoms with van der Waals surface area (Å²) in [5, 5.41) is 3.60. The van der Waals surface area contributed by atoms with E-state index in [0.29, 0.717) is 11.5 Å². The molecule has 2 aliphatic rings. The van der Waals surface area contributed by atoms with Crippen LogP contribution < -0.4 is 5.32 Å². The molecule has 0 aromatic carbocycles. The molecule has 0 radical (unpaired) electrons. The monoisotopic (exact) mass is 266 g/mol. The molecule has 19 heavy (non-hydrogen) atoms. The second kappa shape index (κ2) is 6.58. The summed E-state index contributed by atoms with van der Waals surface area (Å²) in [6.45, 7) is 14.4. The lowest BCUT2D eigenvalue weighted by atomic mass is 9.74. The van der Waals surface area contributed by atoms with Gasteiger partial charge in [-0.1, -0.05) is 40.0 Å². The highest BCUT2D eigenvalue weighted by molar-refractivity contribution is 4.88. The van der Waals surface area contributed by atoms with Gasteiger partial charge in [-0.15, -0.1) is 0 Å². The number of hydrogen-bond acceptors (Lipinski definition) is 2. The van der Waals surface area contributed by atoms with Crippen LogP contribution in [0.1, 0.15) is 59.8 Å². The third-order valence-electron chi connectivity index (χ3n) is 5.69. The fourth-order valence-corrected chi connectivity index (χ4v) is 4.12. The average Bonchev–Trinajstić information content (AvgIpc) is 2.38. The Hall–Kier alpha value is -0.0800. The lowest BCUT2D eigenvalue weighted by molar-refractivity contribution is 0.0515. The highest BCUT2D eigenvalue weighted by Gasteiger charge is 2.34. The van der Waals surface area contributed by atoms with Gasteiger partial charge in [0.1, 0.15) is 0 Å². The Bertz CT molecular complexity index is 274.